The molecule has 2 unspecified atom stereocenters. The second-order valence-electron chi connectivity index (χ2n) is 8.00. The molecule has 0 radical (unpaired) electrons. The number of aromatic nitrogens is 4. The van der Waals surface area contributed by atoms with Crippen LogP contribution >= 0.6 is 0 Å². The van der Waals surface area contributed by atoms with Crippen molar-refractivity contribution in [2.24, 2.45) is 5.92 Å². The Bertz CT molecular complexity index is 973. The first kappa shape index (κ1) is 18.4. The fourth-order valence-electron chi connectivity index (χ4n) is 4.54. The van der Waals surface area contributed by atoms with Crippen molar-refractivity contribution in [3.8, 4) is 0 Å². The monoisotopic (exact) mass is 406 g/mol. The van der Waals surface area contributed by atoms with E-state index in [0.29, 0.717) is 24.8 Å². The number of piperidine rings is 1. The van der Waals surface area contributed by atoms with E-state index in [4.69, 9.17) is 0 Å². The van der Waals surface area contributed by atoms with Crippen molar-refractivity contribution in [1.82, 2.24) is 19.5 Å². The largest absolute Gasteiger partial charge is 0.433 e. The molecule has 10 heteroatoms. The molecule has 0 aromatic carbocycles. The molecule has 2 saturated heterocycles. The Morgan fingerprint density at radius 2 is 1.83 bits per heavy atom. The van der Waals surface area contributed by atoms with E-state index in [1.807, 2.05) is 9.80 Å². The van der Waals surface area contributed by atoms with Crippen LogP contribution in [-0.2, 0) is 6.18 Å². The standard InChI is InChI=1S/C19H21F3N6O/c20-19(21,22)15-9-16(25-11-24-15)26-6-3-12-4-7-28(14(12)10-26)17-18(29)27(8-5-23-17)13-1-2-13/h5,8-9,11-14H,1-4,6-7,10H2. The molecule has 2 atom stereocenters. The zero-order chi connectivity index (χ0) is 20.2. The maximum Gasteiger partial charge on any atom is 0.433 e. The zero-order valence-corrected chi connectivity index (χ0v) is 15.7. The Morgan fingerprint density at radius 1 is 1.03 bits per heavy atom. The second kappa shape index (κ2) is 6.70. The lowest BCUT2D eigenvalue weighted by molar-refractivity contribution is -0.141. The Morgan fingerprint density at radius 3 is 2.59 bits per heavy atom. The summed E-state index contributed by atoms with van der Waals surface area (Å²) in [4.78, 5) is 28.6. The van der Waals surface area contributed by atoms with Crippen LogP contribution in [0, 0.1) is 5.92 Å². The molecule has 0 N–H and O–H groups in total. The summed E-state index contributed by atoms with van der Waals surface area (Å²) in [6.07, 6.45) is 3.69. The lowest BCUT2D eigenvalue weighted by Crippen LogP contribution is -2.50. The van der Waals surface area contributed by atoms with Gasteiger partial charge < -0.3 is 14.4 Å². The van der Waals surface area contributed by atoms with Gasteiger partial charge in [-0.1, -0.05) is 0 Å². The lowest BCUT2D eigenvalue weighted by Gasteiger charge is -2.39. The maximum absolute atomic E-state index is 13.0. The second-order valence-corrected chi connectivity index (χ2v) is 8.00. The highest BCUT2D eigenvalue weighted by Crippen LogP contribution is 2.37. The summed E-state index contributed by atoms with van der Waals surface area (Å²) >= 11 is 0. The molecule has 2 aromatic rings. The van der Waals surface area contributed by atoms with Gasteiger partial charge in [0, 0.05) is 44.1 Å². The molecule has 0 amide bonds. The van der Waals surface area contributed by atoms with E-state index in [-0.39, 0.29) is 23.5 Å². The van der Waals surface area contributed by atoms with E-state index in [1.54, 1.807) is 17.0 Å². The molecular formula is C19H21F3N6O. The minimum Gasteiger partial charge on any atom is -0.354 e. The third kappa shape index (κ3) is 3.34. The fraction of sp³-hybridized carbons (Fsp3) is 0.579. The van der Waals surface area contributed by atoms with Crippen molar-refractivity contribution in [3.05, 3.63) is 40.8 Å². The van der Waals surface area contributed by atoms with Crippen molar-refractivity contribution in [3.63, 3.8) is 0 Å². The van der Waals surface area contributed by atoms with Gasteiger partial charge in [0.15, 0.2) is 5.82 Å². The Labute approximate surface area is 165 Å². The molecule has 29 heavy (non-hydrogen) atoms. The first-order valence-corrected chi connectivity index (χ1v) is 9.90. The van der Waals surface area contributed by atoms with Crippen LogP contribution in [0.2, 0.25) is 0 Å². The van der Waals surface area contributed by atoms with Crippen molar-refractivity contribution >= 4 is 11.6 Å². The van der Waals surface area contributed by atoms with Crippen LogP contribution < -0.4 is 15.4 Å². The maximum atomic E-state index is 13.0. The topological polar surface area (TPSA) is 67.2 Å². The van der Waals surface area contributed by atoms with Gasteiger partial charge in [-0.2, -0.15) is 13.2 Å². The molecule has 4 heterocycles. The molecule has 7 nitrogen and oxygen atoms in total. The number of hydrogen-bond acceptors (Lipinski definition) is 6. The number of halogens is 3. The normalized spacial score (nSPS) is 24.7. The van der Waals surface area contributed by atoms with Gasteiger partial charge in [-0.25, -0.2) is 15.0 Å². The smallest absolute Gasteiger partial charge is 0.354 e. The average Bonchev–Trinajstić information content (AvgIpc) is 3.47. The summed E-state index contributed by atoms with van der Waals surface area (Å²) in [5.41, 5.74) is -1.01. The van der Waals surface area contributed by atoms with E-state index in [9.17, 15) is 18.0 Å². The molecule has 0 spiro atoms. The third-order valence-electron chi connectivity index (χ3n) is 6.19. The predicted molar refractivity (Wildman–Crippen MR) is 99.9 cm³/mol. The molecule has 3 aliphatic rings. The van der Waals surface area contributed by atoms with Crippen molar-refractivity contribution < 1.29 is 13.2 Å². The van der Waals surface area contributed by atoms with Crippen LogP contribution in [0.5, 0.6) is 0 Å². The van der Waals surface area contributed by atoms with Crippen molar-refractivity contribution in [1.29, 1.82) is 0 Å². The van der Waals surface area contributed by atoms with E-state index in [0.717, 1.165) is 44.6 Å². The number of hydrogen-bond donors (Lipinski definition) is 0. The summed E-state index contributed by atoms with van der Waals surface area (Å²) in [5.74, 6) is 1.12. The number of nitrogens with zero attached hydrogens (tertiary/aromatic N) is 6. The first-order valence-electron chi connectivity index (χ1n) is 9.90. The molecule has 5 rings (SSSR count). The van der Waals surface area contributed by atoms with Crippen molar-refractivity contribution in [2.75, 3.05) is 29.4 Å². The molecule has 0 bridgehead atoms. The van der Waals surface area contributed by atoms with Gasteiger partial charge in [0.1, 0.15) is 17.8 Å². The van der Waals surface area contributed by atoms with E-state index >= 15 is 0 Å². The predicted octanol–water partition coefficient (Wildman–Crippen LogP) is 2.49. The fourth-order valence-corrected chi connectivity index (χ4v) is 4.54. The van der Waals surface area contributed by atoms with E-state index in [2.05, 4.69) is 15.0 Å². The quantitative estimate of drug-likeness (QED) is 0.780. The molecule has 2 aromatic heterocycles. The molecule has 1 saturated carbocycles. The number of rotatable bonds is 3. The summed E-state index contributed by atoms with van der Waals surface area (Å²) in [7, 11) is 0. The van der Waals surface area contributed by atoms with Gasteiger partial charge in [-0.05, 0) is 31.6 Å². The van der Waals surface area contributed by atoms with Gasteiger partial charge in [0.05, 0.1) is 6.04 Å². The summed E-state index contributed by atoms with van der Waals surface area (Å²) in [6.45, 7) is 1.88. The van der Waals surface area contributed by atoms with Gasteiger partial charge in [-0.3, -0.25) is 4.79 Å². The summed E-state index contributed by atoms with van der Waals surface area (Å²) < 4.78 is 40.8. The van der Waals surface area contributed by atoms with E-state index in [1.165, 1.54) is 0 Å². The lowest BCUT2D eigenvalue weighted by atomic mass is 9.92. The van der Waals surface area contributed by atoms with Gasteiger partial charge in [0.2, 0.25) is 0 Å². The van der Waals surface area contributed by atoms with Crippen LogP contribution in [0.15, 0.2) is 29.6 Å². The number of fused-ring (bicyclic) bond motifs is 1. The van der Waals surface area contributed by atoms with Gasteiger partial charge >= 0.3 is 6.18 Å². The summed E-state index contributed by atoms with van der Waals surface area (Å²) in [6, 6.07) is 1.30. The zero-order valence-electron chi connectivity index (χ0n) is 15.7. The van der Waals surface area contributed by atoms with Crippen LogP contribution in [0.4, 0.5) is 24.8 Å². The van der Waals surface area contributed by atoms with Crippen LogP contribution in [0.1, 0.15) is 37.4 Å². The molecule has 1 aliphatic carbocycles. The molecular weight excluding hydrogens is 385 g/mol. The van der Waals surface area contributed by atoms with Crippen LogP contribution in [0.3, 0.4) is 0 Å². The third-order valence-corrected chi connectivity index (χ3v) is 6.19. The molecule has 2 aliphatic heterocycles. The Balaban J connectivity index is 1.41. The first-order chi connectivity index (χ1) is 13.9. The highest BCUT2D eigenvalue weighted by atomic mass is 19.4. The highest BCUT2D eigenvalue weighted by molar-refractivity contribution is 5.45. The van der Waals surface area contributed by atoms with E-state index < -0.39 is 11.9 Å². The Hall–Kier alpha value is -2.65. The Kier molecular flexibility index (Phi) is 4.25. The minimum absolute atomic E-state index is 0.0308. The summed E-state index contributed by atoms with van der Waals surface area (Å²) in [5, 5.41) is 0. The van der Waals surface area contributed by atoms with Gasteiger partial charge in [-0.15, -0.1) is 0 Å². The van der Waals surface area contributed by atoms with Crippen LogP contribution in [-0.4, -0.2) is 45.2 Å². The SMILES string of the molecule is O=c1c(N2CCC3CCN(c4cc(C(F)(F)F)ncn4)CC32)nccn1C1CC1. The average molecular weight is 406 g/mol. The number of alkyl halides is 3. The molecule has 3 fully saturated rings. The van der Waals surface area contributed by atoms with Crippen molar-refractivity contribution in [2.45, 2.75) is 43.9 Å². The minimum atomic E-state index is -4.50. The highest BCUT2D eigenvalue weighted by Gasteiger charge is 2.41. The van der Waals surface area contributed by atoms with Crippen LogP contribution in [0.25, 0.3) is 0 Å². The molecule has 154 valence electrons. The van der Waals surface area contributed by atoms with Gasteiger partial charge in [0.25, 0.3) is 5.56 Å². The number of anilines is 2.